The molecule has 0 saturated heterocycles. The summed E-state index contributed by atoms with van der Waals surface area (Å²) < 4.78 is 0. The first kappa shape index (κ1) is 8.94. The Hall–Kier alpha value is -1.64. The van der Waals surface area contributed by atoms with Crippen LogP contribution in [-0.2, 0) is 4.79 Å². The Morgan fingerprint density at radius 3 is 3.14 bits per heavy atom. The van der Waals surface area contributed by atoms with E-state index in [-0.39, 0.29) is 11.8 Å². The van der Waals surface area contributed by atoms with Crippen molar-refractivity contribution in [1.82, 2.24) is 4.98 Å². The van der Waals surface area contributed by atoms with Gasteiger partial charge in [-0.15, -0.1) is 0 Å². The lowest BCUT2D eigenvalue weighted by Gasteiger charge is -2.23. The highest BCUT2D eigenvalue weighted by Gasteiger charge is 2.26. The summed E-state index contributed by atoms with van der Waals surface area (Å²) in [6, 6.07) is 3.73. The third kappa shape index (κ3) is 1.31. The molecule has 0 aliphatic heterocycles. The Kier molecular flexibility index (Phi) is 2.08. The Bertz CT molecular complexity index is 398. The SMILES string of the molecule is C=C1CCC(C(N)=O)c2cccnc21. The van der Waals surface area contributed by atoms with Gasteiger partial charge in [0.05, 0.1) is 11.6 Å². The van der Waals surface area contributed by atoms with Crippen molar-refractivity contribution in [3.05, 3.63) is 36.2 Å². The minimum atomic E-state index is -0.272. The first-order valence-electron chi connectivity index (χ1n) is 4.62. The van der Waals surface area contributed by atoms with Crippen molar-refractivity contribution >= 4 is 11.5 Å². The molecule has 72 valence electrons. The van der Waals surface area contributed by atoms with Gasteiger partial charge in [0.1, 0.15) is 0 Å². The smallest absolute Gasteiger partial charge is 0.225 e. The summed E-state index contributed by atoms with van der Waals surface area (Å²) in [6.07, 6.45) is 3.28. The van der Waals surface area contributed by atoms with Crippen molar-refractivity contribution < 1.29 is 4.79 Å². The van der Waals surface area contributed by atoms with Crippen LogP contribution in [-0.4, -0.2) is 10.9 Å². The highest BCUT2D eigenvalue weighted by atomic mass is 16.1. The van der Waals surface area contributed by atoms with Crippen LogP contribution in [0.25, 0.3) is 5.57 Å². The van der Waals surface area contributed by atoms with Gasteiger partial charge in [-0.05, 0) is 30.0 Å². The fourth-order valence-corrected chi connectivity index (χ4v) is 1.88. The van der Waals surface area contributed by atoms with Crippen molar-refractivity contribution in [2.45, 2.75) is 18.8 Å². The highest BCUT2D eigenvalue weighted by Crippen LogP contribution is 2.35. The molecule has 0 bridgehead atoms. The van der Waals surface area contributed by atoms with Gasteiger partial charge in [-0.25, -0.2) is 0 Å². The van der Waals surface area contributed by atoms with Crippen LogP contribution in [0.15, 0.2) is 24.9 Å². The fourth-order valence-electron chi connectivity index (χ4n) is 1.88. The van der Waals surface area contributed by atoms with E-state index in [1.54, 1.807) is 6.20 Å². The van der Waals surface area contributed by atoms with Gasteiger partial charge in [0.25, 0.3) is 0 Å². The van der Waals surface area contributed by atoms with Crippen molar-refractivity contribution in [2.75, 3.05) is 0 Å². The second-order valence-electron chi connectivity index (χ2n) is 3.54. The van der Waals surface area contributed by atoms with Crippen molar-refractivity contribution in [3.63, 3.8) is 0 Å². The molecule has 1 heterocycles. The molecule has 0 fully saturated rings. The molecule has 1 aromatic rings. The molecule has 2 rings (SSSR count). The summed E-state index contributed by atoms with van der Waals surface area (Å²) in [5.41, 5.74) is 8.11. The molecule has 1 atom stereocenters. The number of hydrogen-bond acceptors (Lipinski definition) is 2. The number of pyridine rings is 1. The molecule has 0 aromatic carbocycles. The zero-order valence-electron chi connectivity index (χ0n) is 7.86. The number of rotatable bonds is 1. The number of aromatic nitrogens is 1. The summed E-state index contributed by atoms with van der Waals surface area (Å²) in [7, 11) is 0. The molecule has 3 heteroatoms. The van der Waals surface area contributed by atoms with E-state index < -0.39 is 0 Å². The van der Waals surface area contributed by atoms with Crippen LogP contribution in [0.1, 0.15) is 30.0 Å². The second kappa shape index (κ2) is 3.25. The first-order valence-corrected chi connectivity index (χ1v) is 4.62. The van der Waals surface area contributed by atoms with E-state index in [0.717, 1.165) is 29.7 Å². The van der Waals surface area contributed by atoms with E-state index >= 15 is 0 Å². The average molecular weight is 188 g/mol. The molecule has 2 N–H and O–H groups in total. The van der Waals surface area contributed by atoms with E-state index in [4.69, 9.17) is 5.73 Å². The third-order valence-electron chi connectivity index (χ3n) is 2.63. The standard InChI is InChI=1S/C11H12N2O/c1-7-4-5-9(11(12)14)8-3-2-6-13-10(7)8/h2-3,6,9H,1,4-5H2,(H2,12,14). The van der Waals surface area contributed by atoms with Gasteiger partial charge in [-0.3, -0.25) is 9.78 Å². The first-order chi connectivity index (χ1) is 6.70. The third-order valence-corrected chi connectivity index (χ3v) is 2.63. The minimum absolute atomic E-state index is 0.191. The molecule has 0 radical (unpaired) electrons. The molecule has 1 aliphatic carbocycles. The van der Waals surface area contributed by atoms with Crippen molar-refractivity contribution in [2.24, 2.45) is 5.73 Å². The maximum absolute atomic E-state index is 11.2. The van der Waals surface area contributed by atoms with E-state index in [1.165, 1.54) is 0 Å². The molecule has 3 nitrogen and oxygen atoms in total. The lowest BCUT2D eigenvalue weighted by atomic mass is 9.83. The molecule has 0 saturated carbocycles. The van der Waals surface area contributed by atoms with Gasteiger partial charge in [-0.2, -0.15) is 0 Å². The summed E-state index contributed by atoms with van der Waals surface area (Å²) in [5, 5.41) is 0. The number of nitrogens with two attached hydrogens (primary N) is 1. The van der Waals surface area contributed by atoms with Gasteiger partial charge in [0.15, 0.2) is 0 Å². The second-order valence-corrected chi connectivity index (χ2v) is 3.54. The fraction of sp³-hybridized carbons (Fsp3) is 0.273. The molecule has 1 unspecified atom stereocenters. The Balaban J connectivity index is 2.52. The highest BCUT2D eigenvalue weighted by molar-refractivity contribution is 5.85. The Morgan fingerprint density at radius 2 is 2.43 bits per heavy atom. The van der Waals surface area contributed by atoms with Gasteiger partial charge in [0, 0.05) is 6.20 Å². The number of amides is 1. The largest absolute Gasteiger partial charge is 0.369 e. The van der Waals surface area contributed by atoms with Gasteiger partial charge in [-0.1, -0.05) is 12.6 Å². The zero-order chi connectivity index (χ0) is 10.1. The van der Waals surface area contributed by atoms with Crippen LogP contribution in [0.2, 0.25) is 0 Å². The zero-order valence-corrected chi connectivity index (χ0v) is 7.86. The summed E-state index contributed by atoms with van der Waals surface area (Å²) in [6.45, 7) is 3.93. The van der Waals surface area contributed by atoms with Crippen LogP contribution in [0.5, 0.6) is 0 Å². The summed E-state index contributed by atoms with van der Waals surface area (Å²) in [5.74, 6) is -0.462. The monoisotopic (exact) mass is 188 g/mol. The lowest BCUT2D eigenvalue weighted by molar-refractivity contribution is -0.119. The van der Waals surface area contributed by atoms with E-state index in [0.29, 0.717) is 0 Å². The topological polar surface area (TPSA) is 56.0 Å². The Labute approximate surface area is 82.6 Å². The predicted molar refractivity (Wildman–Crippen MR) is 54.4 cm³/mol. The Morgan fingerprint density at radius 1 is 1.64 bits per heavy atom. The normalized spacial score (nSPS) is 20.3. The number of fused-ring (bicyclic) bond motifs is 1. The summed E-state index contributed by atoms with van der Waals surface area (Å²) in [4.78, 5) is 15.4. The average Bonchev–Trinajstić information content (AvgIpc) is 2.18. The van der Waals surface area contributed by atoms with E-state index in [9.17, 15) is 4.79 Å². The van der Waals surface area contributed by atoms with Crippen LogP contribution in [0.3, 0.4) is 0 Å². The van der Waals surface area contributed by atoms with Crippen LogP contribution >= 0.6 is 0 Å². The maximum Gasteiger partial charge on any atom is 0.225 e. The number of nitrogens with zero attached hydrogens (tertiary/aromatic N) is 1. The van der Waals surface area contributed by atoms with Crippen molar-refractivity contribution in [1.29, 1.82) is 0 Å². The maximum atomic E-state index is 11.2. The predicted octanol–water partition coefficient (Wildman–Crippen LogP) is 1.46. The molecule has 1 amide bonds. The molecular weight excluding hydrogens is 176 g/mol. The minimum Gasteiger partial charge on any atom is -0.369 e. The van der Waals surface area contributed by atoms with Crippen LogP contribution in [0.4, 0.5) is 0 Å². The molecule has 1 aromatic heterocycles. The van der Waals surface area contributed by atoms with Crippen LogP contribution in [0, 0.1) is 0 Å². The van der Waals surface area contributed by atoms with Crippen molar-refractivity contribution in [3.8, 4) is 0 Å². The number of allylic oxidation sites excluding steroid dienone is 1. The van der Waals surface area contributed by atoms with Gasteiger partial charge >= 0.3 is 0 Å². The molecular formula is C11H12N2O. The molecule has 0 spiro atoms. The van der Waals surface area contributed by atoms with E-state index in [2.05, 4.69) is 11.6 Å². The van der Waals surface area contributed by atoms with E-state index in [1.807, 2.05) is 12.1 Å². The van der Waals surface area contributed by atoms with Gasteiger partial charge in [0.2, 0.25) is 5.91 Å². The number of carbonyl (C=O) groups is 1. The van der Waals surface area contributed by atoms with Gasteiger partial charge < -0.3 is 5.73 Å². The quantitative estimate of drug-likeness (QED) is 0.725. The molecule has 1 aliphatic rings. The number of hydrogen-bond donors (Lipinski definition) is 1. The van der Waals surface area contributed by atoms with Crippen LogP contribution < -0.4 is 5.73 Å². The summed E-state index contributed by atoms with van der Waals surface area (Å²) >= 11 is 0. The number of carbonyl (C=O) groups excluding carboxylic acids is 1. The molecule has 14 heavy (non-hydrogen) atoms. The number of primary amides is 1. The lowest BCUT2D eigenvalue weighted by Crippen LogP contribution is -2.25.